The van der Waals surface area contributed by atoms with Gasteiger partial charge in [0.15, 0.2) is 0 Å². The van der Waals surface area contributed by atoms with Gasteiger partial charge in [0, 0.05) is 30.6 Å². The first-order chi connectivity index (χ1) is 12.6. The summed E-state index contributed by atoms with van der Waals surface area (Å²) in [5.74, 6) is 0.555. The highest BCUT2D eigenvalue weighted by Crippen LogP contribution is 2.29. The molecule has 4 nitrogen and oxygen atoms in total. The summed E-state index contributed by atoms with van der Waals surface area (Å²) in [6, 6.07) is 2.14. The van der Waals surface area contributed by atoms with Gasteiger partial charge in [0.05, 0.1) is 0 Å². The van der Waals surface area contributed by atoms with Crippen LogP contribution >= 0.6 is 0 Å². The van der Waals surface area contributed by atoms with Crippen LogP contribution in [0.15, 0.2) is 0 Å². The van der Waals surface area contributed by atoms with Gasteiger partial charge in [-0.25, -0.2) is 0 Å². The number of nitrogens with zero attached hydrogens (tertiary/aromatic N) is 2. The smallest absolute Gasteiger partial charge is 0.223 e. The lowest BCUT2D eigenvalue weighted by molar-refractivity contribution is -0.126. The predicted molar refractivity (Wildman–Crippen MR) is 108 cm³/mol. The van der Waals surface area contributed by atoms with Gasteiger partial charge in [-0.05, 0) is 78.4 Å². The number of hydrogen-bond donors (Lipinski definition) is 1. The van der Waals surface area contributed by atoms with Crippen molar-refractivity contribution in [1.29, 1.82) is 0 Å². The average molecular weight is 364 g/mol. The monoisotopic (exact) mass is 363 g/mol. The lowest BCUT2D eigenvalue weighted by Gasteiger charge is -2.43. The van der Waals surface area contributed by atoms with Crippen LogP contribution in [-0.2, 0) is 4.79 Å². The van der Waals surface area contributed by atoms with E-state index in [0.29, 0.717) is 18.0 Å². The molecule has 0 aromatic heterocycles. The molecule has 3 aliphatic rings. The number of amides is 1. The third-order valence-corrected chi connectivity index (χ3v) is 7.12. The summed E-state index contributed by atoms with van der Waals surface area (Å²) in [5.41, 5.74) is 0. The van der Waals surface area contributed by atoms with Crippen molar-refractivity contribution in [2.24, 2.45) is 5.92 Å². The molecule has 26 heavy (non-hydrogen) atoms. The van der Waals surface area contributed by atoms with E-state index < -0.39 is 0 Å². The summed E-state index contributed by atoms with van der Waals surface area (Å²) in [7, 11) is 0. The molecule has 3 fully saturated rings. The van der Waals surface area contributed by atoms with E-state index in [4.69, 9.17) is 0 Å². The SMILES string of the molecule is CC(C)N1CCC(C(=O)NCC[C@@H]2CCCCN2C2CCCCC2)CC1. The summed E-state index contributed by atoms with van der Waals surface area (Å²) in [6.07, 6.45) is 14.3. The molecule has 1 atom stereocenters. The fraction of sp³-hybridized carbons (Fsp3) is 0.955. The minimum atomic E-state index is 0.241. The van der Waals surface area contributed by atoms with Crippen molar-refractivity contribution < 1.29 is 4.79 Å². The van der Waals surface area contributed by atoms with Crippen molar-refractivity contribution in [3.63, 3.8) is 0 Å². The van der Waals surface area contributed by atoms with Crippen molar-refractivity contribution in [2.45, 2.75) is 103 Å². The fourth-order valence-corrected chi connectivity index (χ4v) is 5.41. The largest absolute Gasteiger partial charge is 0.356 e. The third-order valence-electron chi connectivity index (χ3n) is 7.12. The summed E-state index contributed by atoms with van der Waals surface area (Å²) in [5, 5.41) is 3.28. The maximum atomic E-state index is 12.6. The van der Waals surface area contributed by atoms with Crippen molar-refractivity contribution in [3.05, 3.63) is 0 Å². The molecular weight excluding hydrogens is 322 g/mol. The van der Waals surface area contributed by atoms with E-state index in [-0.39, 0.29) is 5.92 Å². The number of nitrogens with one attached hydrogen (secondary N) is 1. The van der Waals surface area contributed by atoms with E-state index in [9.17, 15) is 4.79 Å². The van der Waals surface area contributed by atoms with Crippen LogP contribution in [0, 0.1) is 5.92 Å². The molecule has 2 aliphatic heterocycles. The lowest BCUT2D eigenvalue weighted by atomic mass is 9.89. The maximum absolute atomic E-state index is 12.6. The Hall–Kier alpha value is -0.610. The first-order valence-corrected chi connectivity index (χ1v) is 11.4. The summed E-state index contributed by atoms with van der Waals surface area (Å²) < 4.78 is 0. The van der Waals surface area contributed by atoms with E-state index in [2.05, 4.69) is 29.0 Å². The molecule has 3 rings (SSSR count). The van der Waals surface area contributed by atoms with Crippen LogP contribution in [0.2, 0.25) is 0 Å². The topological polar surface area (TPSA) is 35.6 Å². The minimum Gasteiger partial charge on any atom is -0.356 e. The first-order valence-electron chi connectivity index (χ1n) is 11.4. The zero-order chi connectivity index (χ0) is 18.4. The standard InChI is InChI=1S/C22H41N3O/c1-18(2)24-16-12-19(13-17-24)22(26)23-14-11-21-10-6-7-15-25(21)20-8-4-3-5-9-20/h18-21H,3-17H2,1-2H3,(H,23,26)/t21-/m0/s1. The molecular formula is C22H41N3O. The van der Waals surface area contributed by atoms with Gasteiger partial charge in [-0.15, -0.1) is 0 Å². The Bertz CT molecular complexity index is 425. The van der Waals surface area contributed by atoms with E-state index in [1.165, 1.54) is 57.9 Å². The molecule has 4 heteroatoms. The molecule has 1 aliphatic carbocycles. The van der Waals surface area contributed by atoms with Gasteiger partial charge < -0.3 is 10.2 Å². The highest BCUT2D eigenvalue weighted by Gasteiger charge is 2.30. The van der Waals surface area contributed by atoms with Crippen LogP contribution in [-0.4, -0.2) is 60.0 Å². The van der Waals surface area contributed by atoms with Gasteiger partial charge in [-0.1, -0.05) is 25.7 Å². The summed E-state index contributed by atoms with van der Waals surface area (Å²) >= 11 is 0. The zero-order valence-electron chi connectivity index (χ0n) is 17.2. The van der Waals surface area contributed by atoms with Crippen LogP contribution in [0.1, 0.15) is 84.5 Å². The molecule has 150 valence electrons. The molecule has 1 amide bonds. The van der Waals surface area contributed by atoms with Crippen LogP contribution in [0.3, 0.4) is 0 Å². The lowest BCUT2D eigenvalue weighted by Crippen LogP contribution is -2.48. The maximum Gasteiger partial charge on any atom is 0.223 e. The highest BCUT2D eigenvalue weighted by molar-refractivity contribution is 5.78. The number of rotatable bonds is 6. The fourth-order valence-electron chi connectivity index (χ4n) is 5.41. The van der Waals surface area contributed by atoms with Crippen molar-refractivity contribution in [1.82, 2.24) is 15.1 Å². The Morgan fingerprint density at radius 3 is 2.31 bits per heavy atom. The number of likely N-dealkylation sites (tertiary alicyclic amines) is 2. The van der Waals surface area contributed by atoms with Gasteiger partial charge in [0.1, 0.15) is 0 Å². The van der Waals surface area contributed by atoms with Crippen LogP contribution < -0.4 is 5.32 Å². The molecule has 0 radical (unpaired) electrons. The number of carbonyl (C=O) groups is 1. The molecule has 0 unspecified atom stereocenters. The van der Waals surface area contributed by atoms with Crippen molar-refractivity contribution in [3.8, 4) is 0 Å². The van der Waals surface area contributed by atoms with E-state index in [1.807, 2.05) is 0 Å². The second-order valence-corrected chi connectivity index (χ2v) is 9.16. The second kappa shape index (κ2) is 10.1. The molecule has 0 bridgehead atoms. The van der Waals surface area contributed by atoms with Gasteiger partial charge in [-0.2, -0.15) is 0 Å². The number of carbonyl (C=O) groups excluding carboxylic acids is 1. The Morgan fingerprint density at radius 2 is 1.62 bits per heavy atom. The van der Waals surface area contributed by atoms with Gasteiger partial charge in [0.2, 0.25) is 5.91 Å². The van der Waals surface area contributed by atoms with Crippen LogP contribution in [0.5, 0.6) is 0 Å². The quantitative estimate of drug-likeness (QED) is 0.780. The van der Waals surface area contributed by atoms with Crippen molar-refractivity contribution >= 4 is 5.91 Å². The first kappa shape index (κ1) is 20.1. The Labute approximate surface area is 161 Å². The molecule has 1 saturated carbocycles. The van der Waals surface area contributed by atoms with E-state index in [1.54, 1.807) is 0 Å². The number of piperidine rings is 2. The molecule has 2 heterocycles. The molecule has 0 spiro atoms. The molecule has 0 aromatic carbocycles. The summed E-state index contributed by atoms with van der Waals surface area (Å²) in [6.45, 7) is 8.82. The number of hydrogen-bond acceptors (Lipinski definition) is 3. The third kappa shape index (κ3) is 5.45. The van der Waals surface area contributed by atoms with E-state index in [0.717, 1.165) is 44.9 Å². The van der Waals surface area contributed by atoms with Gasteiger partial charge >= 0.3 is 0 Å². The summed E-state index contributed by atoms with van der Waals surface area (Å²) in [4.78, 5) is 17.9. The van der Waals surface area contributed by atoms with Crippen LogP contribution in [0.4, 0.5) is 0 Å². The Balaban J connectivity index is 1.39. The van der Waals surface area contributed by atoms with Crippen LogP contribution in [0.25, 0.3) is 0 Å². The molecule has 1 N–H and O–H groups in total. The van der Waals surface area contributed by atoms with Crippen molar-refractivity contribution in [2.75, 3.05) is 26.2 Å². The minimum absolute atomic E-state index is 0.241. The molecule has 2 saturated heterocycles. The van der Waals surface area contributed by atoms with E-state index >= 15 is 0 Å². The molecule has 0 aromatic rings. The Kier molecular flexibility index (Phi) is 7.80. The van der Waals surface area contributed by atoms with Gasteiger partial charge in [0.25, 0.3) is 0 Å². The second-order valence-electron chi connectivity index (χ2n) is 9.16. The zero-order valence-corrected chi connectivity index (χ0v) is 17.2. The normalized spacial score (nSPS) is 27.7. The Morgan fingerprint density at radius 1 is 0.923 bits per heavy atom. The van der Waals surface area contributed by atoms with Gasteiger partial charge in [-0.3, -0.25) is 9.69 Å². The highest BCUT2D eigenvalue weighted by atomic mass is 16.1. The predicted octanol–water partition coefficient (Wildman–Crippen LogP) is 3.80. The average Bonchev–Trinajstić information content (AvgIpc) is 2.69.